The van der Waals surface area contributed by atoms with Crippen LogP contribution in [-0.4, -0.2) is 25.0 Å². The number of esters is 1. The van der Waals surface area contributed by atoms with Gasteiger partial charge < -0.3 is 18.6 Å². The second-order valence-corrected chi connectivity index (χ2v) is 8.88. The van der Waals surface area contributed by atoms with Crippen molar-refractivity contribution in [1.82, 2.24) is 0 Å². The molecule has 0 saturated heterocycles. The van der Waals surface area contributed by atoms with Crippen molar-refractivity contribution in [2.24, 2.45) is 0 Å². The standard InChI is InChI=1S/C34H28O6/c1-3-37-26-15-10-23(11-16-26)12-20-30(35)24-13-17-27(18-14-24)39-34(36)32-29-22-28(38-4-2)19-21-31(29)40-33(32)25-8-6-5-7-9-25/h5-22H,3-4H2,1-2H3/b20-12+. The number of ketones is 1. The van der Waals surface area contributed by atoms with E-state index in [4.69, 9.17) is 18.6 Å². The van der Waals surface area contributed by atoms with E-state index in [0.29, 0.717) is 52.6 Å². The summed E-state index contributed by atoms with van der Waals surface area (Å²) in [5, 5.41) is 0.598. The van der Waals surface area contributed by atoms with Gasteiger partial charge in [0, 0.05) is 16.5 Å². The Morgan fingerprint density at radius 3 is 2.10 bits per heavy atom. The van der Waals surface area contributed by atoms with E-state index in [2.05, 4.69) is 0 Å². The molecule has 4 aromatic carbocycles. The Morgan fingerprint density at radius 2 is 1.40 bits per heavy atom. The van der Waals surface area contributed by atoms with E-state index < -0.39 is 5.97 Å². The highest BCUT2D eigenvalue weighted by molar-refractivity contribution is 6.10. The molecule has 40 heavy (non-hydrogen) atoms. The van der Waals surface area contributed by atoms with Crippen LogP contribution in [0.4, 0.5) is 0 Å². The van der Waals surface area contributed by atoms with Gasteiger partial charge >= 0.3 is 5.97 Å². The normalized spacial score (nSPS) is 11.1. The molecular weight excluding hydrogens is 504 g/mol. The Kier molecular flexibility index (Phi) is 8.07. The lowest BCUT2D eigenvalue weighted by Gasteiger charge is -2.07. The number of ether oxygens (including phenoxy) is 3. The van der Waals surface area contributed by atoms with E-state index in [1.807, 2.05) is 68.4 Å². The van der Waals surface area contributed by atoms with Gasteiger partial charge in [-0.2, -0.15) is 0 Å². The van der Waals surface area contributed by atoms with Crippen LogP contribution < -0.4 is 14.2 Å². The fraction of sp³-hybridized carbons (Fsp3) is 0.118. The molecule has 0 N–H and O–H groups in total. The van der Waals surface area contributed by atoms with E-state index in [1.165, 1.54) is 6.08 Å². The minimum atomic E-state index is -0.569. The molecule has 1 heterocycles. The molecule has 0 radical (unpaired) electrons. The number of hydrogen-bond acceptors (Lipinski definition) is 6. The number of furan rings is 1. The average molecular weight is 533 g/mol. The zero-order valence-electron chi connectivity index (χ0n) is 22.3. The van der Waals surface area contributed by atoms with Crippen molar-refractivity contribution in [2.75, 3.05) is 13.2 Å². The summed E-state index contributed by atoms with van der Waals surface area (Å²) in [6.45, 7) is 4.92. The van der Waals surface area contributed by atoms with Gasteiger partial charge in [-0.25, -0.2) is 4.79 Å². The van der Waals surface area contributed by atoms with Crippen molar-refractivity contribution in [3.63, 3.8) is 0 Å². The highest BCUT2D eigenvalue weighted by Crippen LogP contribution is 2.36. The van der Waals surface area contributed by atoms with Crippen molar-refractivity contribution >= 4 is 28.8 Å². The van der Waals surface area contributed by atoms with Gasteiger partial charge in [0.15, 0.2) is 5.78 Å². The Morgan fingerprint density at radius 1 is 0.750 bits per heavy atom. The first-order chi connectivity index (χ1) is 19.6. The van der Waals surface area contributed by atoms with Crippen LogP contribution in [0, 0.1) is 0 Å². The smallest absolute Gasteiger partial charge is 0.348 e. The second kappa shape index (κ2) is 12.2. The van der Waals surface area contributed by atoms with Crippen molar-refractivity contribution in [2.45, 2.75) is 13.8 Å². The van der Waals surface area contributed by atoms with Crippen molar-refractivity contribution < 1.29 is 28.2 Å². The number of benzene rings is 4. The maximum atomic E-state index is 13.5. The number of hydrogen-bond donors (Lipinski definition) is 0. The lowest BCUT2D eigenvalue weighted by Crippen LogP contribution is -2.09. The fourth-order valence-electron chi connectivity index (χ4n) is 4.28. The topological polar surface area (TPSA) is 75.0 Å². The zero-order chi connectivity index (χ0) is 27.9. The summed E-state index contributed by atoms with van der Waals surface area (Å²) in [6.07, 6.45) is 3.26. The molecule has 0 atom stereocenters. The minimum absolute atomic E-state index is 0.164. The van der Waals surface area contributed by atoms with Gasteiger partial charge in [-0.05, 0) is 80.1 Å². The SMILES string of the molecule is CCOc1ccc(/C=C/C(=O)c2ccc(OC(=O)c3c(-c4ccccc4)oc4ccc(OCC)cc34)cc2)cc1. The highest BCUT2D eigenvalue weighted by atomic mass is 16.5. The first kappa shape index (κ1) is 26.5. The number of fused-ring (bicyclic) bond motifs is 1. The molecule has 5 rings (SSSR count). The molecule has 0 spiro atoms. The molecule has 0 amide bonds. The molecule has 6 heteroatoms. The van der Waals surface area contributed by atoms with E-state index in [0.717, 1.165) is 16.9 Å². The molecular formula is C34H28O6. The Balaban J connectivity index is 1.36. The summed E-state index contributed by atoms with van der Waals surface area (Å²) in [4.78, 5) is 26.2. The molecule has 0 aliphatic carbocycles. The third-order valence-electron chi connectivity index (χ3n) is 6.18. The zero-order valence-corrected chi connectivity index (χ0v) is 22.3. The van der Waals surface area contributed by atoms with Crippen molar-refractivity contribution in [3.8, 4) is 28.6 Å². The van der Waals surface area contributed by atoms with Gasteiger partial charge in [0.2, 0.25) is 0 Å². The number of allylic oxidation sites excluding steroid dienone is 1. The summed E-state index contributed by atoms with van der Waals surface area (Å²) in [5.74, 6) is 1.41. The van der Waals surface area contributed by atoms with Gasteiger partial charge in [0.25, 0.3) is 0 Å². The van der Waals surface area contributed by atoms with E-state index in [9.17, 15) is 9.59 Å². The van der Waals surface area contributed by atoms with Gasteiger partial charge in [0.1, 0.15) is 34.2 Å². The lowest BCUT2D eigenvalue weighted by atomic mass is 10.1. The van der Waals surface area contributed by atoms with Crippen LogP contribution in [-0.2, 0) is 0 Å². The monoisotopic (exact) mass is 532 g/mol. The molecule has 6 nitrogen and oxygen atoms in total. The largest absolute Gasteiger partial charge is 0.494 e. The maximum absolute atomic E-state index is 13.5. The lowest BCUT2D eigenvalue weighted by molar-refractivity contribution is 0.0737. The molecule has 200 valence electrons. The third kappa shape index (κ3) is 5.97. The summed E-state index contributed by atoms with van der Waals surface area (Å²) in [6, 6.07) is 28.7. The van der Waals surface area contributed by atoms with Crippen LogP contribution >= 0.6 is 0 Å². The Bertz CT molecular complexity index is 1650. The van der Waals surface area contributed by atoms with Gasteiger partial charge in [-0.15, -0.1) is 0 Å². The fourth-order valence-corrected chi connectivity index (χ4v) is 4.28. The molecule has 0 aliphatic heterocycles. The van der Waals surface area contributed by atoms with E-state index in [1.54, 1.807) is 48.5 Å². The van der Waals surface area contributed by atoms with Crippen molar-refractivity contribution in [3.05, 3.63) is 120 Å². The van der Waals surface area contributed by atoms with Crippen LogP contribution in [0.5, 0.6) is 17.2 Å². The Labute approximate surface area is 232 Å². The van der Waals surface area contributed by atoms with E-state index in [-0.39, 0.29) is 5.78 Å². The predicted molar refractivity (Wildman–Crippen MR) is 155 cm³/mol. The van der Waals surface area contributed by atoms with Crippen molar-refractivity contribution in [1.29, 1.82) is 0 Å². The molecule has 0 saturated carbocycles. The average Bonchev–Trinajstić information content (AvgIpc) is 3.37. The van der Waals surface area contributed by atoms with Crippen LogP contribution in [0.3, 0.4) is 0 Å². The van der Waals surface area contributed by atoms with Gasteiger partial charge in [-0.1, -0.05) is 48.5 Å². The number of carbonyl (C=O) groups is 2. The molecule has 5 aromatic rings. The van der Waals surface area contributed by atoms with Gasteiger partial charge in [0.05, 0.1) is 13.2 Å². The molecule has 0 bridgehead atoms. The molecule has 0 unspecified atom stereocenters. The van der Waals surface area contributed by atoms with Crippen LogP contribution in [0.15, 0.2) is 108 Å². The summed E-state index contributed by atoms with van der Waals surface area (Å²) in [5.41, 5.74) is 2.97. The molecule has 0 aliphatic rings. The summed E-state index contributed by atoms with van der Waals surface area (Å²) in [7, 11) is 0. The van der Waals surface area contributed by atoms with Gasteiger partial charge in [-0.3, -0.25) is 4.79 Å². The number of rotatable bonds is 10. The Hall–Kier alpha value is -5.10. The van der Waals surface area contributed by atoms with Crippen LogP contribution in [0.25, 0.3) is 28.4 Å². The maximum Gasteiger partial charge on any atom is 0.348 e. The number of carbonyl (C=O) groups excluding carboxylic acids is 2. The minimum Gasteiger partial charge on any atom is -0.494 e. The predicted octanol–water partition coefficient (Wildman–Crippen LogP) is 8.01. The summed E-state index contributed by atoms with van der Waals surface area (Å²) < 4.78 is 22.9. The molecule has 1 aromatic heterocycles. The third-order valence-corrected chi connectivity index (χ3v) is 6.18. The quantitative estimate of drug-likeness (QED) is 0.0785. The van der Waals surface area contributed by atoms with Crippen LogP contribution in [0.1, 0.15) is 40.1 Å². The summed E-state index contributed by atoms with van der Waals surface area (Å²) >= 11 is 0. The first-order valence-electron chi connectivity index (χ1n) is 13.1. The second-order valence-electron chi connectivity index (χ2n) is 8.88. The first-order valence-corrected chi connectivity index (χ1v) is 13.1. The van der Waals surface area contributed by atoms with Crippen LogP contribution in [0.2, 0.25) is 0 Å². The highest BCUT2D eigenvalue weighted by Gasteiger charge is 2.24. The van der Waals surface area contributed by atoms with E-state index >= 15 is 0 Å². The molecule has 0 fully saturated rings.